The minimum atomic E-state index is -1.21. The molecule has 0 unspecified atom stereocenters. The molecule has 0 aliphatic carbocycles. The van der Waals surface area contributed by atoms with Gasteiger partial charge in [-0.2, -0.15) is 0 Å². The predicted molar refractivity (Wildman–Crippen MR) is 75.3 cm³/mol. The van der Waals surface area contributed by atoms with Gasteiger partial charge in [0.25, 0.3) is 0 Å². The van der Waals surface area contributed by atoms with Crippen molar-refractivity contribution in [3.8, 4) is 0 Å². The van der Waals surface area contributed by atoms with Crippen LogP contribution < -0.4 is 10.6 Å². The van der Waals surface area contributed by atoms with Crippen molar-refractivity contribution in [1.82, 2.24) is 15.6 Å². The Labute approximate surface area is 118 Å². The van der Waals surface area contributed by atoms with Gasteiger partial charge in [-0.1, -0.05) is 13.8 Å². The van der Waals surface area contributed by atoms with Gasteiger partial charge in [0.05, 0.1) is 0 Å². The van der Waals surface area contributed by atoms with Crippen LogP contribution in [0.2, 0.25) is 0 Å². The van der Waals surface area contributed by atoms with E-state index in [-0.39, 0.29) is 0 Å². The summed E-state index contributed by atoms with van der Waals surface area (Å²) in [6, 6.07) is 1.37. The highest BCUT2D eigenvalue weighted by Gasteiger charge is 2.36. The topological polar surface area (TPSA) is 91.3 Å². The zero-order valence-corrected chi connectivity index (χ0v) is 12.1. The summed E-state index contributed by atoms with van der Waals surface area (Å²) in [5.74, 6) is -1.02. The molecule has 0 aliphatic heterocycles. The van der Waals surface area contributed by atoms with Crippen LogP contribution in [0.25, 0.3) is 0 Å². The van der Waals surface area contributed by atoms with Crippen LogP contribution in [0.15, 0.2) is 18.5 Å². The molecular weight excluding hydrogens is 258 g/mol. The third kappa shape index (κ3) is 3.69. The Bertz CT molecular complexity index is 484. The fraction of sp³-hybridized carbons (Fsp3) is 0.500. The van der Waals surface area contributed by atoms with Crippen molar-refractivity contribution in [2.75, 3.05) is 0 Å². The lowest BCUT2D eigenvalue weighted by atomic mass is 9.93. The van der Waals surface area contributed by atoms with Gasteiger partial charge in [-0.05, 0) is 37.0 Å². The molecule has 0 atom stereocenters. The van der Waals surface area contributed by atoms with Gasteiger partial charge in [0, 0.05) is 18.9 Å². The monoisotopic (exact) mass is 279 g/mol. The zero-order chi connectivity index (χ0) is 15.2. The van der Waals surface area contributed by atoms with Crippen LogP contribution in [0.5, 0.6) is 0 Å². The van der Waals surface area contributed by atoms with E-state index in [4.69, 9.17) is 0 Å². The number of carboxylic acids is 1. The van der Waals surface area contributed by atoms with Crippen LogP contribution >= 0.6 is 0 Å². The number of urea groups is 1. The van der Waals surface area contributed by atoms with Crippen LogP contribution in [-0.2, 0) is 11.3 Å². The van der Waals surface area contributed by atoms with E-state index in [1.165, 1.54) is 0 Å². The lowest BCUT2D eigenvalue weighted by Crippen LogP contribution is -2.56. The van der Waals surface area contributed by atoms with E-state index >= 15 is 0 Å². The number of pyridine rings is 1. The number of aliphatic carboxylic acids is 1. The molecule has 1 heterocycles. The molecule has 2 amide bonds. The molecule has 0 fully saturated rings. The second-order valence-corrected chi connectivity index (χ2v) is 4.70. The first-order valence-corrected chi connectivity index (χ1v) is 6.64. The van der Waals surface area contributed by atoms with Gasteiger partial charge in [0.2, 0.25) is 0 Å². The standard InChI is InChI=1S/C14H21N3O3/c1-4-14(5-2,12(18)19)17-13(20)16-9-11-8-15-7-6-10(11)3/h6-8H,4-5,9H2,1-3H3,(H,18,19)(H2,16,17,20). The van der Waals surface area contributed by atoms with E-state index in [1.54, 1.807) is 26.2 Å². The van der Waals surface area contributed by atoms with Gasteiger partial charge in [-0.25, -0.2) is 9.59 Å². The van der Waals surface area contributed by atoms with Crippen molar-refractivity contribution in [3.63, 3.8) is 0 Å². The smallest absolute Gasteiger partial charge is 0.329 e. The van der Waals surface area contributed by atoms with E-state index < -0.39 is 17.5 Å². The third-order valence-corrected chi connectivity index (χ3v) is 3.56. The van der Waals surface area contributed by atoms with Crippen molar-refractivity contribution in [3.05, 3.63) is 29.6 Å². The van der Waals surface area contributed by atoms with Crippen LogP contribution in [0.4, 0.5) is 4.79 Å². The maximum atomic E-state index is 11.9. The number of carboxylic acid groups (broad SMARTS) is 1. The summed E-state index contributed by atoms with van der Waals surface area (Å²) in [6.07, 6.45) is 4.03. The molecule has 0 spiro atoms. The molecule has 110 valence electrons. The number of hydrogen-bond donors (Lipinski definition) is 3. The number of carbonyl (C=O) groups excluding carboxylic acids is 1. The molecule has 0 bridgehead atoms. The first-order valence-electron chi connectivity index (χ1n) is 6.64. The Balaban J connectivity index is 2.64. The number of aromatic nitrogens is 1. The summed E-state index contributed by atoms with van der Waals surface area (Å²) in [5, 5.41) is 14.5. The van der Waals surface area contributed by atoms with Crippen molar-refractivity contribution in [2.24, 2.45) is 0 Å². The maximum absolute atomic E-state index is 11.9. The van der Waals surface area contributed by atoms with Gasteiger partial charge in [0.1, 0.15) is 5.54 Å². The molecule has 20 heavy (non-hydrogen) atoms. The Morgan fingerprint density at radius 1 is 1.35 bits per heavy atom. The SMILES string of the molecule is CCC(CC)(NC(=O)NCc1cnccc1C)C(=O)O. The summed E-state index contributed by atoms with van der Waals surface area (Å²) >= 11 is 0. The Morgan fingerprint density at radius 3 is 2.50 bits per heavy atom. The molecule has 1 rings (SSSR count). The van der Waals surface area contributed by atoms with Gasteiger partial charge in [-0.15, -0.1) is 0 Å². The number of amides is 2. The minimum Gasteiger partial charge on any atom is -0.480 e. The number of nitrogens with zero attached hydrogens (tertiary/aromatic N) is 1. The number of hydrogen-bond acceptors (Lipinski definition) is 3. The predicted octanol–water partition coefficient (Wildman–Crippen LogP) is 1.83. The average molecular weight is 279 g/mol. The molecule has 1 aromatic rings. The van der Waals surface area contributed by atoms with Crippen molar-refractivity contribution < 1.29 is 14.7 Å². The van der Waals surface area contributed by atoms with Gasteiger partial charge < -0.3 is 15.7 Å². The fourth-order valence-electron chi connectivity index (χ4n) is 1.90. The van der Waals surface area contributed by atoms with Crippen molar-refractivity contribution in [2.45, 2.75) is 45.7 Å². The van der Waals surface area contributed by atoms with Gasteiger partial charge in [0.15, 0.2) is 0 Å². The van der Waals surface area contributed by atoms with E-state index in [2.05, 4.69) is 15.6 Å². The summed E-state index contributed by atoms with van der Waals surface area (Å²) < 4.78 is 0. The van der Waals surface area contributed by atoms with Crippen LogP contribution in [0.1, 0.15) is 37.8 Å². The molecule has 0 saturated carbocycles. The second kappa shape index (κ2) is 6.88. The molecule has 0 aliphatic rings. The highest BCUT2D eigenvalue weighted by molar-refractivity contribution is 5.86. The molecule has 1 aromatic heterocycles. The van der Waals surface area contributed by atoms with E-state index in [1.807, 2.05) is 13.0 Å². The van der Waals surface area contributed by atoms with E-state index in [0.717, 1.165) is 11.1 Å². The second-order valence-electron chi connectivity index (χ2n) is 4.70. The number of nitrogens with one attached hydrogen (secondary N) is 2. The Morgan fingerprint density at radius 2 is 2.00 bits per heavy atom. The minimum absolute atomic E-state index is 0.314. The number of aryl methyl sites for hydroxylation is 1. The molecule has 0 radical (unpaired) electrons. The van der Waals surface area contributed by atoms with Gasteiger partial charge >= 0.3 is 12.0 Å². The molecule has 0 aromatic carbocycles. The molecule has 0 saturated heterocycles. The highest BCUT2D eigenvalue weighted by Crippen LogP contribution is 2.15. The van der Waals surface area contributed by atoms with Crippen molar-refractivity contribution in [1.29, 1.82) is 0 Å². The zero-order valence-electron chi connectivity index (χ0n) is 12.1. The Kier molecular flexibility index (Phi) is 5.49. The lowest BCUT2D eigenvalue weighted by molar-refractivity contribution is -0.144. The third-order valence-electron chi connectivity index (χ3n) is 3.56. The Hall–Kier alpha value is -2.11. The summed E-state index contributed by atoms with van der Waals surface area (Å²) in [7, 11) is 0. The molecule has 6 nitrogen and oxygen atoms in total. The quantitative estimate of drug-likeness (QED) is 0.741. The van der Waals surface area contributed by atoms with E-state index in [9.17, 15) is 14.7 Å². The maximum Gasteiger partial charge on any atom is 0.329 e. The van der Waals surface area contributed by atoms with E-state index in [0.29, 0.717) is 19.4 Å². The first kappa shape index (κ1) is 15.9. The molecular formula is C14H21N3O3. The molecule has 3 N–H and O–H groups in total. The normalized spacial score (nSPS) is 10.9. The fourth-order valence-corrected chi connectivity index (χ4v) is 1.90. The largest absolute Gasteiger partial charge is 0.480 e. The van der Waals surface area contributed by atoms with Crippen LogP contribution in [0.3, 0.4) is 0 Å². The van der Waals surface area contributed by atoms with Gasteiger partial charge in [-0.3, -0.25) is 4.98 Å². The summed E-state index contributed by atoms with van der Waals surface area (Å²) in [4.78, 5) is 27.1. The summed E-state index contributed by atoms with van der Waals surface area (Å²) in [5.41, 5.74) is 0.709. The lowest BCUT2D eigenvalue weighted by Gasteiger charge is -2.28. The van der Waals surface area contributed by atoms with Crippen LogP contribution in [-0.4, -0.2) is 27.6 Å². The highest BCUT2D eigenvalue weighted by atomic mass is 16.4. The first-order chi connectivity index (χ1) is 9.45. The average Bonchev–Trinajstić information content (AvgIpc) is 2.43. The summed E-state index contributed by atoms with van der Waals surface area (Å²) in [6.45, 7) is 5.72. The number of carbonyl (C=O) groups is 2. The van der Waals surface area contributed by atoms with Crippen molar-refractivity contribution >= 4 is 12.0 Å². The molecule has 6 heteroatoms. The number of rotatable bonds is 6. The van der Waals surface area contributed by atoms with Crippen LogP contribution in [0, 0.1) is 6.92 Å².